The third-order valence-corrected chi connectivity index (χ3v) is 7.27. The van der Waals surface area contributed by atoms with Crippen LogP contribution >= 0.6 is 0 Å². The van der Waals surface area contributed by atoms with Gasteiger partial charge in [0.05, 0.1) is 19.3 Å². The standard InChI is InChI=1S/C31H44N2O6/c1-4-38-29(30(34)35)22-25-13-15-26(16-14-25)39-20-19-33(18-8-11-24-9-6-5-7-10-24)31(36)32-27-21-23(2)12-17-28(27)37-3/h12-17,21,24,29H,4-11,18-20,22H2,1-3H3,(H,32,36)(H,34,35). The number of nitrogens with one attached hydrogen (secondary N) is 1. The average Bonchev–Trinajstić information content (AvgIpc) is 2.93. The molecule has 8 nitrogen and oxygen atoms in total. The molecule has 8 heteroatoms. The minimum Gasteiger partial charge on any atom is -0.495 e. The van der Waals surface area contributed by atoms with Crippen LogP contribution in [0.25, 0.3) is 0 Å². The number of hydrogen-bond donors (Lipinski definition) is 2. The number of anilines is 1. The molecular weight excluding hydrogens is 496 g/mol. The van der Waals surface area contributed by atoms with Crippen LogP contribution in [-0.2, 0) is 16.0 Å². The number of carbonyl (C=O) groups excluding carboxylic acids is 1. The maximum Gasteiger partial charge on any atom is 0.333 e. The predicted octanol–water partition coefficient (Wildman–Crippen LogP) is 6.31. The summed E-state index contributed by atoms with van der Waals surface area (Å²) in [5, 5.41) is 12.3. The van der Waals surface area contributed by atoms with Crippen LogP contribution in [0.4, 0.5) is 10.5 Å². The smallest absolute Gasteiger partial charge is 0.333 e. The molecule has 1 atom stereocenters. The number of amides is 2. The summed E-state index contributed by atoms with van der Waals surface area (Å²) in [7, 11) is 1.60. The van der Waals surface area contributed by atoms with Crippen LogP contribution in [0.2, 0.25) is 0 Å². The van der Waals surface area contributed by atoms with Gasteiger partial charge in [0.1, 0.15) is 18.1 Å². The topological polar surface area (TPSA) is 97.3 Å². The van der Waals surface area contributed by atoms with Crippen molar-refractivity contribution in [3.63, 3.8) is 0 Å². The van der Waals surface area contributed by atoms with E-state index >= 15 is 0 Å². The van der Waals surface area contributed by atoms with Crippen molar-refractivity contribution in [2.75, 3.05) is 38.7 Å². The number of urea groups is 1. The Morgan fingerprint density at radius 1 is 1.08 bits per heavy atom. The Balaban J connectivity index is 1.57. The molecule has 1 saturated carbocycles. The summed E-state index contributed by atoms with van der Waals surface area (Å²) >= 11 is 0. The number of carboxylic acids is 1. The highest BCUT2D eigenvalue weighted by molar-refractivity contribution is 5.91. The molecule has 0 radical (unpaired) electrons. The molecule has 0 spiro atoms. The minimum absolute atomic E-state index is 0.169. The van der Waals surface area contributed by atoms with Gasteiger partial charge in [0.2, 0.25) is 0 Å². The largest absolute Gasteiger partial charge is 0.495 e. The van der Waals surface area contributed by atoms with E-state index < -0.39 is 12.1 Å². The van der Waals surface area contributed by atoms with Crippen molar-refractivity contribution in [2.24, 2.45) is 5.92 Å². The second kappa shape index (κ2) is 16.0. The highest BCUT2D eigenvalue weighted by atomic mass is 16.5. The molecule has 3 rings (SSSR count). The zero-order valence-electron chi connectivity index (χ0n) is 23.6. The van der Waals surface area contributed by atoms with Crippen molar-refractivity contribution in [1.82, 2.24) is 4.90 Å². The zero-order valence-corrected chi connectivity index (χ0v) is 23.6. The number of methoxy groups -OCH3 is 1. The lowest BCUT2D eigenvalue weighted by Crippen LogP contribution is -2.38. The first-order chi connectivity index (χ1) is 18.9. The van der Waals surface area contributed by atoms with E-state index in [-0.39, 0.29) is 6.03 Å². The molecule has 0 saturated heterocycles. The molecule has 214 valence electrons. The predicted molar refractivity (Wildman–Crippen MR) is 153 cm³/mol. The first-order valence-corrected chi connectivity index (χ1v) is 14.2. The fraction of sp³-hybridized carbons (Fsp3) is 0.548. The average molecular weight is 541 g/mol. The molecule has 39 heavy (non-hydrogen) atoms. The third kappa shape index (κ3) is 10.1. The Hall–Kier alpha value is -3.26. The van der Waals surface area contributed by atoms with Crippen molar-refractivity contribution in [1.29, 1.82) is 0 Å². The van der Waals surface area contributed by atoms with Crippen molar-refractivity contribution < 1.29 is 28.9 Å². The van der Waals surface area contributed by atoms with Crippen molar-refractivity contribution in [2.45, 2.75) is 71.3 Å². The molecular formula is C31H44N2O6. The molecule has 2 aromatic carbocycles. The number of carbonyl (C=O) groups is 2. The quantitative estimate of drug-likeness (QED) is 0.275. The van der Waals surface area contributed by atoms with Crippen LogP contribution in [0, 0.1) is 12.8 Å². The van der Waals surface area contributed by atoms with Gasteiger partial charge in [0, 0.05) is 19.6 Å². The highest BCUT2D eigenvalue weighted by Gasteiger charge is 2.19. The number of rotatable bonds is 15. The summed E-state index contributed by atoms with van der Waals surface area (Å²) in [6.45, 7) is 5.56. The number of carboxylic acid groups (broad SMARTS) is 1. The van der Waals surface area contributed by atoms with E-state index in [2.05, 4.69) is 5.32 Å². The minimum atomic E-state index is -0.970. The van der Waals surface area contributed by atoms with E-state index in [4.69, 9.17) is 14.2 Å². The number of aryl methyl sites for hydroxylation is 1. The van der Waals surface area contributed by atoms with Crippen LogP contribution in [0.3, 0.4) is 0 Å². The van der Waals surface area contributed by atoms with Crippen molar-refractivity contribution in [3.05, 3.63) is 53.6 Å². The fourth-order valence-electron chi connectivity index (χ4n) is 5.10. The Morgan fingerprint density at radius 3 is 2.49 bits per heavy atom. The van der Waals surface area contributed by atoms with Crippen molar-refractivity contribution >= 4 is 17.7 Å². The summed E-state index contributed by atoms with van der Waals surface area (Å²) in [6, 6.07) is 12.9. The molecule has 0 bridgehead atoms. The summed E-state index contributed by atoms with van der Waals surface area (Å²) in [4.78, 5) is 26.5. The van der Waals surface area contributed by atoms with Gasteiger partial charge in [0.15, 0.2) is 6.10 Å². The number of hydrogen-bond acceptors (Lipinski definition) is 5. The van der Waals surface area contributed by atoms with Crippen LogP contribution in [-0.4, -0.2) is 61.5 Å². The van der Waals surface area contributed by atoms with Gasteiger partial charge < -0.3 is 29.5 Å². The summed E-state index contributed by atoms with van der Waals surface area (Å²) < 4.78 is 16.7. The molecule has 0 aromatic heterocycles. The van der Waals surface area contributed by atoms with Crippen molar-refractivity contribution in [3.8, 4) is 11.5 Å². The van der Waals surface area contributed by atoms with Gasteiger partial charge in [-0.3, -0.25) is 0 Å². The van der Waals surface area contributed by atoms with E-state index in [1.54, 1.807) is 14.0 Å². The van der Waals surface area contributed by atoms with Gasteiger partial charge in [-0.05, 0) is 68.0 Å². The van der Waals surface area contributed by atoms with Gasteiger partial charge in [-0.2, -0.15) is 0 Å². The summed E-state index contributed by atoms with van der Waals surface area (Å²) in [5.74, 6) is 1.09. The molecule has 0 heterocycles. The molecule has 0 aliphatic heterocycles. The normalized spacial score (nSPS) is 14.4. The van der Waals surface area contributed by atoms with E-state index in [9.17, 15) is 14.7 Å². The van der Waals surface area contributed by atoms with Gasteiger partial charge in [-0.25, -0.2) is 9.59 Å². The summed E-state index contributed by atoms with van der Waals surface area (Å²) in [5.41, 5.74) is 2.56. The Kier molecular flexibility index (Phi) is 12.4. The lowest BCUT2D eigenvalue weighted by molar-refractivity contribution is -0.149. The molecule has 1 fully saturated rings. The van der Waals surface area contributed by atoms with E-state index in [0.29, 0.717) is 49.9 Å². The SMILES string of the molecule is CCOC(Cc1ccc(OCCN(CCCC2CCCCC2)C(=O)Nc2cc(C)ccc2OC)cc1)C(=O)O. The van der Waals surface area contributed by atoms with Crippen LogP contribution < -0.4 is 14.8 Å². The zero-order chi connectivity index (χ0) is 28.0. The number of benzene rings is 2. The molecule has 2 N–H and O–H groups in total. The Labute approximate surface area is 232 Å². The monoisotopic (exact) mass is 540 g/mol. The molecule has 1 aliphatic carbocycles. The van der Waals surface area contributed by atoms with Gasteiger partial charge in [0.25, 0.3) is 0 Å². The lowest BCUT2D eigenvalue weighted by Gasteiger charge is -2.26. The van der Waals surface area contributed by atoms with Crippen LogP contribution in [0.15, 0.2) is 42.5 Å². The van der Waals surface area contributed by atoms with Gasteiger partial charge >= 0.3 is 12.0 Å². The fourth-order valence-corrected chi connectivity index (χ4v) is 5.10. The van der Waals surface area contributed by atoms with E-state index in [1.807, 2.05) is 54.3 Å². The first kappa shape index (κ1) is 30.3. The maximum atomic E-state index is 13.3. The molecule has 2 aromatic rings. The Bertz CT molecular complexity index is 1040. The second-order valence-electron chi connectivity index (χ2n) is 10.2. The van der Waals surface area contributed by atoms with Crippen LogP contribution in [0.5, 0.6) is 11.5 Å². The number of nitrogens with zero attached hydrogens (tertiary/aromatic N) is 1. The third-order valence-electron chi connectivity index (χ3n) is 7.27. The highest BCUT2D eigenvalue weighted by Crippen LogP contribution is 2.28. The number of ether oxygens (including phenoxy) is 3. The van der Waals surface area contributed by atoms with E-state index in [0.717, 1.165) is 29.9 Å². The lowest BCUT2D eigenvalue weighted by atomic mass is 9.86. The number of aliphatic carboxylic acids is 1. The molecule has 1 aliphatic rings. The molecule has 1 unspecified atom stereocenters. The maximum absolute atomic E-state index is 13.3. The first-order valence-electron chi connectivity index (χ1n) is 14.2. The molecule has 2 amide bonds. The van der Waals surface area contributed by atoms with Crippen LogP contribution in [0.1, 0.15) is 63.0 Å². The summed E-state index contributed by atoms with van der Waals surface area (Å²) in [6.07, 6.45) is 8.09. The second-order valence-corrected chi connectivity index (χ2v) is 10.2. The van der Waals surface area contributed by atoms with E-state index in [1.165, 1.54) is 32.1 Å². The van der Waals surface area contributed by atoms with Gasteiger partial charge in [-0.15, -0.1) is 0 Å². The van der Waals surface area contributed by atoms with Gasteiger partial charge in [-0.1, -0.05) is 50.3 Å². The Morgan fingerprint density at radius 2 is 1.82 bits per heavy atom.